The molecule has 0 unspecified atom stereocenters. The molecule has 0 spiro atoms. The average Bonchev–Trinajstić information content (AvgIpc) is 2.58. The molecular formula is C21H29N2OY+. The van der Waals surface area contributed by atoms with E-state index in [2.05, 4.69) is 43.4 Å². The molecule has 0 saturated carbocycles. The van der Waals surface area contributed by atoms with E-state index in [1.54, 1.807) is 0 Å². The van der Waals surface area contributed by atoms with E-state index >= 15 is 0 Å². The summed E-state index contributed by atoms with van der Waals surface area (Å²) < 4.78 is 0.765. The van der Waals surface area contributed by atoms with E-state index in [-0.39, 0.29) is 38.6 Å². The third kappa shape index (κ3) is 6.02. The van der Waals surface area contributed by atoms with E-state index in [0.29, 0.717) is 6.54 Å². The molecule has 0 atom stereocenters. The predicted molar refractivity (Wildman–Crippen MR) is 101 cm³/mol. The van der Waals surface area contributed by atoms with Crippen molar-refractivity contribution in [2.24, 2.45) is 0 Å². The maximum absolute atomic E-state index is 12.7. The monoisotopic (exact) mass is 414 g/mol. The smallest absolute Gasteiger partial charge is 0.279 e. The number of hydrogen-bond acceptors (Lipinski definition) is 1. The molecule has 0 aliphatic carbocycles. The first-order chi connectivity index (χ1) is 11.5. The van der Waals surface area contributed by atoms with E-state index in [1.165, 1.54) is 5.56 Å². The van der Waals surface area contributed by atoms with Gasteiger partial charge in [-0.25, -0.2) is 0 Å². The van der Waals surface area contributed by atoms with Crippen LogP contribution in [0.15, 0.2) is 48.5 Å². The minimum atomic E-state index is 0. The molecule has 2 rings (SSSR count). The van der Waals surface area contributed by atoms with Gasteiger partial charge in [0.05, 0.1) is 13.1 Å². The maximum Gasteiger partial charge on any atom is 0.279 e. The number of carbonyl (C=O) groups excluding carboxylic acids is 1. The van der Waals surface area contributed by atoms with Gasteiger partial charge in [0.15, 0.2) is 6.54 Å². The molecule has 131 valence electrons. The van der Waals surface area contributed by atoms with Gasteiger partial charge in [-0.3, -0.25) is 4.79 Å². The summed E-state index contributed by atoms with van der Waals surface area (Å²) in [5, 5.41) is 3.13. The molecule has 1 amide bonds. The number of nitrogens with zero attached hydrogens (tertiary/aromatic N) is 1. The largest absolute Gasteiger partial charge is 0.321 e. The van der Waals surface area contributed by atoms with E-state index < -0.39 is 0 Å². The number of benzene rings is 2. The Labute approximate surface area is 177 Å². The van der Waals surface area contributed by atoms with Gasteiger partial charge in [-0.2, -0.15) is 0 Å². The van der Waals surface area contributed by atoms with Crippen molar-refractivity contribution in [3.63, 3.8) is 0 Å². The molecule has 0 aliphatic rings. The molecule has 0 heterocycles. The van der Waals surface area contributed by atoms with Crippen LogP contribution in [0.5, 0.6) is 0 Å². The summed E-state index contributed by atoms with van der Waals surface area (Å²) >= 11 is 0. The second kappa shape index (κ2) is 10.2. The van der Waals surface area contributed by atoms with Crippen LogP contribution in [0.4, 0.5) is 5.69 Å². The molecule has 2 aromatic carbocycles. The van der Waals surface area contributed by atoms with Crippen molar-refractivity contribution in [3.05, 3.63) is 65.2 Å². The van der Waals surface area contributed by atoms with Crippen LogP contribution >= 0.6 is 0 Å². The van der Waals surface area contributed by atoms with Gasteiger partial charge >= 0.3 is 0 Å². The Bertz CT molecular complexity index is 661. The van der Waals surface area contributed by atoms with Gasteiger partial charge in [0.25, 0.3) is 5.91 Å². The van der Waals surface area contributed by atoms with E-state index in [9.17, 15) is 4.79 Å². The van der Waals surface area contributed by atoms with Gasteiger partial charge in [0.1, 0.15) is 6.54 Å². The van der Waals surface area contributed by atoms with Gasteiger partial charge in [0, 0.05) is 44.0 Å². The number of amides is 1. The van der Waals surface area contributed by atoms with Crippen LogP contribution in [-0.2, 0) is 44.0 Å². The first-order valence-corrected chi connectivity index (χ1v) is 8.75. The predicted octanol–water partition coefficient (Wildman–Crippen LogP) is 4.30. The van der Waals surface area contributed by atoms with Crippen molar-refractivity contribution >= 4 is 11.6 Å². The summed E-state index contributed by atoms with van der Waals surface area (Å²) in [6.07, 6.45) is 0. The summed E-state index contributed by atoms with van der Waals surface area (Å²) in [6, 6.07) is 16.5. The number of quaternary nitrogens is 1. The Morgan fingerprint density at radius 3 is 2.00 bits per heavy atom. The van der Waals surface area contributed by atoms with Crippen molar-refractivity contribution in [1.82, 2.24) is 0 Å². The minimum absolute atomic E-state index is 0. The second-order valence-electron chi connectivity index (χ2n) is 6.59. The summed E-state index contributed by atoms with van der Waals surface area (Å²) in [5.41, 5.74) is 4.45. The quantitative estimate of drug-likeness (QED) is 0.673. The van der Waals surface area contributed by atoms with Crippen molar-refractivity contribution in [3.8, 4) is 0 Å². The zero-order valence-corrected chi connectivity index (χ0v) is 18.7. The van der Waals surface area contributed by atoms with Crippen molar-refractivity contribution in [1.29, 1.82) is 0 Å². The van der Waals surface area contributed by atoms with Crippen molar-refractivity contribution in [2.75, 3.05) is 25.0 Å². The number of likely N-dealkylation sites (N-methyl/N-ethyl adjacent to an activating group) is 1. The molecule has 4 heteroatoms. The maximum atomic E-state index is 12.7. The Morgan fingerprint density at radius 2 is 1.48 bits per heavy atom. The molecule has 3 nitrogen and oxygen atoms in total. The van der Waals surface area contributed by atoms with Crippen LogP contribution < -0.4 is 5.32 Å². The van der Waals surface area contributed by atoms with Crippen molar-refractivity contribution in [2.45, 2.75) is 34.2 Å². The Hall–Kier alpha value is -1.03. The van der Waals surface area contributed by atoms with Gasteiger partial charge in [-0.15, -0.1) is 0 Å². The SMILES string of the molecule is CC[N+](CC)(CC(=O)Nc1c(C)cccc1C)Cc1ccccc1.[Y]. The fourth-order valence-electron chi connectivity index (χ4n) is 3.19. The van der Waals surface area contributed by atoms with Crippen LogP contribution in [-0.4, -0.2) is 30.0 Å². The van der Waals surface area contributed by atoms with Crippen LogP contribution in [0.1, 0.15) is 30.5 Å². The zero-order chi connectivity index (χ0) is 17.6. The molecule has 1 radical (unpaired) electrons. The van der Waals surface area contributed by atoms with E-state index in [4.69, 9.17) is 0 Å². The topological polar surface area (TPSA) is 29.1 Å². The number of aryl methyl sites for hydroxylation is 2. The van der Waals surface area contributed by atoms with Crippen LogP contribution in [0.3, 0.4) is 0 Å². The number of nitrogens with one attached hydrogen (secondary N) is 1. The van der Waals surface area contributed by atoms with Gasteiger partial charge < -0.3 is 9.80 Å². The molecule has 25 heavy (non-hydrogen) atoms. The van der Waals surface area contributed by atoms with E-state index in [0.717, 1.165) is 40.9 Å². The fourth-order valence-corrected chi connectivity index (χ4v) is 3.19. The molecule has 2 aromatic rings. The third-order valence-electron chi connectivity index (χ3n) is 4.93. The standard InChI is InChI=1S/C21H28N2O.Y/c1-5-23(6-2,15-19-13-8-7-9-14-19)16-20(24)22-21-17(3)11-10-12-18(21)4;/h7-14H,5-6,15-16H2,1-4H3;/p+1. The molecule has 0 bridgehead atoms. The first-order valence-electron chi connectivity index (χ1n) is 8.75. The minimum Gasteiger partial charge on any atom is -0.321 e. The number of carbonyl (C=O) groups is 1. The number of rotatable bonds is 7. The number of anilines is 1. The summed E-state index contributed by atoms with van der Waals surface area (Å²) in [4.78, 5) is 12.7. The van der Waals surface area contributed by atoms with E-state index in [1.807, 2.05) is 38.1 Å². The summed E-state index contributed by atoms with van der Waals surface area (Å²) in [6.45, 7) is 11.7. The molecule has 0 aliphatic heterocycles. The molecule has 1 N–H and O–H groups in total. The van der Waals surface area contributed by atoms with Gasteiger partial charge in [-0.05, 0) is 38.8 Å². The second-order valence-corrected chi connectivity index (χ2v) is 6.59. The van der Waals surface area contributed by atoms with Crippen LogP contribution in [0.2, 0.25) is 0 Å². The average molecular weight is 414 g/mol. The Morgan fingerprint density at radius 1 is 0.920 bits per heavy atom. The molecule has 0 fully saturated rings. The molecule has 0 saturated heterocycles. The van der Waals surface area contributed by atoms with Crippen LogP contribution in [0, 0.1) is 13.8 Å². The van der Waals surface area contributed by atoms with Crippen molar-refractivity contribution < 1.29 is 42.0 Å². The third-order valence-corrected chi connectivity index (χ3v) is 4.93. The summed E-state index contributed by atoms with van der Waals surface area (Å²) in [7, 11) is 0. The van der Waals surface area contributed by atoms with Gasteiger partial charge in [-0.1, -0.05) is 48.5 Å². The number of para-hydroxylation sites is 1. The zero-order valence-electron chi connectivity index (χ0n) is 15.9. The Kier molecular flexibility index (Phi) is 8.98. The van der Waals surface area contributed by atoms with Crippen LogP contribution in [0.25, 0.3) is 0 Å². The fraction of sp³-hybridized carbons (Fsp3) is 0.381. The first kappa shape index (κ1) is 22.0. The van der Waals surface area contributed by atoms with Gasteiger partial charge in [0.2, 0.25) is 0 Å². The number of hydrogen-bond donors (Lipinski definition) is 1. The molecule has 0 aromatic heterocycles. The molecular weight excluding hydrogens is 385 g/mol. The summed E-state index contributed by atoms with van der Waals surface area (Å²) in [5.74, 6) is 0.0898. The normalized spacial score (nSPS) is 10.9. The Balaban J connectivity index is 0.00000312.